The van der Waals surface area contributed by atoms with Gasteiger partial charge in [-0.15, -0.1) is 0 Å². The lowest BCUT2D eigenvalue weighted by atomic mass is 10.1. The molecule has 0 spiro atoms. The molecule has 0 saturated heterocycles. The molecule has 4 rings (SSSR count). The molecule has 0 bridgehead atoms. The summed E-state index contributed by atoms with van der Waals surface area (Å²) in [6.45, 7) is 2.09. The Morgan fingerprint density at radius 1 is 0.531 bits per heavy atom. The van der Waals surface area contributed by atoms with Gasteiger partial charge in [-0.05, 0) is 43.3 Å². The van der Waals surface area contributed by atoms with E-state index in [1.54, 1.807) is 0 Å². The number of nitrogens with one attached hydrogen (secondary N) is 4. The van der Waals surface area contributed by atoms with Crippen LogP contribution in [-0.4, -0.2) is 18.5 Å². The third-order valence-corrected chi connectivity index (χ3v) is 4.86. The summed E-state index contributed by atoms with van der Waals surface area (Å²) >= 11 is 0. The van der Waals surface area contributed by atoms with E-state index in [1.165, 1.54) is 5.56 Å². The van der Waals surface area contributed by atoms with E-state index in [4.69, 9.17) is 0 Å². The van der Waals surface area contributed by atoms with Crippen LogP contribution in [0, 0.1) is 21.8 Å². The van der Waals surface area contributed by atoms with Crippen molar-refractivity contribution in [3.63, 3.8) is 0 Å². The van der Waals surface area contributed by atoms with E-state index in [1.807, 2.05) is 7.05 Å². The SMILES string of the molecule is CNc1ccc(Nc2ccc([NH+]=C3C=CC(=[NH+]c4ccc(C)cc4)C=C3)cc2)cc1.[CH3-].[CH3-]. The predicted molar refractivity (Wildman–Crippen MR) is 139 cm³/mol. The molecule has 0 aromatic heterocycles. The van der Waals surface area contributed by atoms with E-state index in [2.05, 4.69) is 125 Å². The summed E-state index contributed by atoms with van der Waals surface area (Å²) in [7, 11) is 1.92. The van der Waals surface area contributed by atoms with Gasteiger partial charge in [0.05, 0.1) is 0 Å². The molecule has 0 radical (unpaired) electrons. The minimum atomic E-state index is 0. The fourth-order valence-electron chi connectivity index (χ4n) is 3.13. The van der Waals surface area contributed by atoms with Crippen LogP contribution in [0.25, 0.3) is 0 Å². The zero-order valence-electron chi connectivity index (χ0n) is 19.2. The fraction of sp³-hybridized carbons (Fsp3) is 0.0714. The van der Waals surface area contributed by atoms with Crippen molar-refractivity contribution in [3.05, 3.63) is 118 Å². The summed E-state index contributed by atoms with van der Waals surface area (Å²) in [5.74, 6) is 0. The van der Waals surface area contributed by atoms with Crippen LogP contribution < -0.4 is 20.6 Å². The van der Waals surface area contributed by atoms with Gasteiger partial charge in [0, 0.05) is 72.7 Å². The highest BCUT2D eigenvalue weighted by Crippen LogP contribution is 2.19. The van der Waals surface area contributed by atoms with Crippen LogP contribution in [0.5, 0.6) is 0 Å². The number of benzene rings is 3. The summed E-state index contributed by atoms with van der Waals surface area (Å²) in [6.07, 6.45) is 8.30. The van der Waals surface area contributed by atoms with Gasteiger partial charge in [0.2, 0.25) is 22.8 Å². The highest BCUT2D eigenvalue weighted by molar-refractivity contribution is 6.14. The molecule has 1 aliphatic carbocycles. The maximum Gasteiger partial charge on any atom is 0.204 e. The van der Waals surface area contributed by atoms with Crippen molar-refractivity contribution in [1.29, 1.82) is 0 Å². The van der Waals surface area contributed by atoms with Gasteiger partial charge in [-0.2, -0.15) is 0 Å². The quantitative estimate of drug-likeness (QED) is 0.372. The molecule has 0 aliphatic heterocycles. The van der Waals surface area contributed by atoms with Gasteiger partial charge in [0.15, 0.2) is 0 Å². The number of hydrogen-bond donors (Lipinski definition) is 4. The van der Waals surface area contributed by atoms with E-state index in [0.717, 1.165) is 39.9 Å². The zero-order valence-corrected chi connectivity index (χ0v) is 19.2. The monoisotopic (exact) mass is 424 g/mol. The smallest absolute Gasteiger partial charge is 0.204 e. The maximum atomic E-state index is 3.44. The Morgan fingerprint density at radius 3 is 1.34 bits per heavy atom. The largest absolute Gasteiger partial charge is 0.388 e. The summed E-state index contributed by atoms with van der Waals surface area (Å²) in [5.41, 5.74) is 8.71. The summed E-state index contributed by atoms with van der Waals surface area (Å²) < 4.78 is 0. The molecular formula is C28H32N4. The predicted octanol–water partition coefficient (Wildman–Crippen LogP) is 3.81. The van der Waals surface area contributed by atoms with Crippen LogP contribution in [-0.2, 0) is 0 Å². The van der Waals surface area contributed by atoms with Gasteiger partial charge < -0.3 is 25.5 Å². The Kier molecular flexibility index (Phi) is 8.72. The van der Waals surface area contributed by atoms with E-state index in [0.29, 0.717) is 0 Å². The lowest BCUT2D eigenvalue weighted by molar-refractivity contribution is -0.353. The van der Waals surface area contributed by atoms with Gasteiger partial charge >= 0.3 is 0 Å². The molecule has 3 aromatic carbocycles. The first-order valence-electron chi connectivity index (χ1n) is 10.0. The molecule has 3 aromatic rings. The molecule has 0 heterocycles. The number of hydrogen-bond acceptors (Lipinski definition) is 2. The van der Waals surface area contributed by atoms with Gasteiger partial charge in [-0.3, -0.25) is 0 Å². The highest BCUT2D eigenvalue weighted by atomic mass is 14.9. The molecule has 0 atom stereocenters. The van der Waals surface area contributed by atoms with E-state index >= 15 is 0 Å². The van der Waals surface area contributed by atoms with Crippen LogP contribution >= 0.6 is 0 Å². The average molecular weight is 425 g/mol. The molecular weight excluding hydrogens is 392 g/mol. The molecule has 0 amide bonds. The Morgan fingerprint density at radius 2 is 0.906 bits per heavy atom. The molecule has 0 saturated carbocycles. The minimum Gasteiger partial charge on any atom is -0.388 e. The molecule has 4 nitrogen and oxygen atoms in total. The van der Waals surface area contributed by atoms with E-state index in [-0.39, 0.29) is 14.9 Å². The molecule has 4 heteroatoms. The van der Waals surface area contributed by atoms with E-state index in [9.17, 15) is 0 Å². The zero-order chi connectivity index (χ0) is 20.8. The normalized spacial score (nSPS) is 11.8. The summed E-state index contributed by atoms with van der Waals surface area (Å²) in [4.78, 5) is 6.86. The van der Waals surface area contributed by atoms with Crippen LogP contribution in [0.15, 0.2) is 97.1 Å². The third kappa shape index (κ3) is 6.54. The Labute approximate surface area is 192 Å². The van der Waals surface area contributed by atoms with Crippen molar-refractivity contribution in [1.82, 2.24) is 0 Å². The molecule has 4 N–H and O–H groups in total. The second-order valence-corrected chi connectivity index (χ2v) is 7.22. The standard InChI is InChI=1S/C26H24N4.2CH3/c1-19-3-5-21(6-4-19)28-23-11-13-25(14-12-23)30-26-17-15-24(16-18-26)29-22-9-7-20(27-2)8-10-22;;/h3-18,27,29H,1-2H3;2*1H3/q;2*-1/p+2. The van der Waals surface area contributed by atoms with Crippen LogP contribution in [0.4, 0.5) is 28.4 Å². The van der Waals surface area contributed by atoms with E-state index < -0.39 is 0 Å². The van der Waals surface area contributed by atoms with Crippen molar-refractivity contribution in [2.75, 3.05) is 17.7 Å². The van der Waals surface area contributed by atoms with Gasteiger partial charge in [0.1, 0.15) is 0 Å². The van der Waals surface area contributed by atoms with Gasteiger partial charge in [-0.1, -0.05) is 17.7 Å². The van der Waals surface area contributed by atoms with Crippen LogP contribution in [0.1, 0.15) is 5.56 Å². The number of anilines is 3. The second kappa shape index (κ2) is 11.5. The summed E-state index contributed by atoms with van der Waals surface area (Å²) in [5, 5.41) is 6.54. The molecule has 1 aliphatic rings. The number of rotatable bonds is 5. The lowest BCUT2D eigenvalue weighted by Gasteiger charge is -2.07. The maximum absolute atomic E-state index is 3.44. The fourth-order valence-corrected chi connectivity index (χ4v) is 3.13. The minimum absolute atomic E-state index is 0. The molecule has 164 valence electrons. The Bertz CT molecular complexity index is 1100. The van der Waals surface area contributed by atoms with Gasteiger partial charge in [0.25, 0.3) is 0 Å². The second-order valence-electron chi connectivity index (χ2n) is 7.22. The van der Waals surface area contributed by atoms with Crippen molar-refractivity contribution in [2.24, 2.45) is 0 Å². The molecule has 0 unspecified atom stereocenters. The van der Waals surface area contributed by atoms with Crippen molar-refractivity contribution in [3.8, 4) is 0 Å². The first-order chi connectivity index (χ1) is 14.7. The van der Waals surface area contributed by atoms with Crippen molar-refractivity contribution < 1.29 is 9.98 Å². The lowest BCUT2D eigenvalue weighted by Crippen LogP contribution is -2.68. The summed E-state index contributed by atoms with van der Waals surface area (Å²) in [6, 6.07) is 24.9. The van der Waals surface area contributed by atoms with Crippen LogP contribution in [0.3, 0.4) is 0 Å². The Hall–Kier alpha value is -3.92. The highest BCUT2D eigenvalue weighted by Gasteiger charge is 2.09. The molecule has 0 fully saturated rings. The number of allylic oxidation sites excluding steroid dienone is 4. The topological polar surface area (TPSA) is 52.0 Å². The Balaban J connectivity index is 0.00000181. The van der Waals surface area contributed by atoms with Gasteiger partial charge in [-0.25, -0.2) is 9.98 Å². The third-order valence-electron chi connectivity index (χ3n) is 4.86. The van der Waals surface area contributed by atoms with Crippen molar-refractivity contribution in [2.45, 2.75) is 6.92 Å². The number of aryl methyl sites for hydroxylation is 1. The first kappa shape index (κ1) is 24.4. The molecule has 32 heavy (non-hydrogen) atoms. The van der Waals surface area contributed by atoms with Crippen molar-refractivity contribution >= 4 is 39.9 Å². The van der Waals surface area contributed by atoms with Crippen LogP contribution in [0.2, 0.25) is 0 Å². The first-order valence-corrected chi connectivity index (χ1v) is 10.0. The average Bonchev–Trinajstić information content (AvgIpc) is 2.78.